The van der Waals surface area contributed by atoms with E-state index in [-0.39, 0.29) is 17.8 Å². The van der Waals surface area contributed by atoms with E-state index >= 15 is 0 Å². The summed E-state index contributed by atoms with van der Waals surface area (Å²) in [7, 11) is 0. The molecule has 0 aromatic heterocycles. The lowest BCUT2D eigenvalue weighted by molar-refractivity contribution is 0.241. The predicted octanol–water partition coefficient (Wildman–Crippen LogP) is 3.55. The Kier molecular flexibility index (Phi) is 3.66. The molecule has 2 amide bonds. The topological polar surface area (TPSA) is 61.4 Å². The summed E-state index contributed by atoms with van der Waals surface area (Å²) in [4.78, 5) is 11.9. The Bertz CT molecular complexity index is 713. The van der Waals surface area contributed by atoms with Gasteiger partial charge in [0, 0.05) is 15.7 Å². The summed E-state index contributed by atoms with van der Waals surface area (Å²) < 4.78 is 0.845. The van der Waals surface area contributed by atoms with Crippen LogP contribution in [-0.4, -0.2) is 11.1 Å². The number of nitrogens with one attached hydrogen (secondary N) is 2. The van der Waals surface area contributed by atoms with Gasteiger partial charge < -0.3 is 15.7 Å². The molecule has 4 nitrogen and oxygen atoms in total. The Hall–Kier alpha value is -2.27. The average Bonchev–Trinajstić information content (AvgIpc) is 2.50. The smallest absolute Gasteiger partial charge is 0.319 e. The molecule has 1 unspecified atom stereocenters. The molecular weight excluding hydrogens is 332 g/mol. The molecular formula is C16H13BrN2O2. The third-order valence-corrected chi connectivity index (χ3v) is 3.77. The number of urea groups is 1. The van der Waals surface area contributed by atoms with Crippen molar-refractivity contribution in [3.05, 3.63) is 70.2 Å². The molecule has 0 radical (unpaired) electrons. The lowest BCUT2D eigenvalue weighted by Gasteiger charge is -2.24. The van der Waals surface area contributed by atoms with E-state index < -0.39 is 0 Å². The molecule has 106 valence electrons. The molecule has 0 fully saturated rings. The summed E-state index contributed by atoms with van der Waals surface area (Å²) >= 11 is 3.38. The molecule has 0 saturated carbocycles. The third kappa shape index (κ3) is 2.92. The van der Waals surface area contributed by atoms with Crippen LogP contribution < -0.4 is 10.6 Å². The van der Waals surface area contributed by atoms with E-state index in [1.54, 1.807) is 18.2 Å². The molecule has 1 heterocycles. The van der Waals surface area contributed by atoms with Crippen molar-refractivity contribution in [1.29, 1.82) is 0 Å². The van der Waals surface area contributed by atoms with Gasteiger partial charge >= 0.3 is 6.03 Å². The average molecular weight is 345 g/mol. The molecule has 2 aromatic carbocycles. The number of rotatable bonds is 2. The molecule has 1 aliphatic heterocycles. The Morgan fingerprint density at radius 1 is 1.10 bits per heavy atom. The SMILES string of the molecule is O=C1NC(c2ccccc2)=CC(c2cc(Br)ccc2O)N1. The Morgan fingerprint density at radius 3 is 2.62 bits per heavy atom. The number of phenolic OH excluding ortho intramolecular Hbond substituents is 1. The zero-order valence-electron chi connectivity index (χ0n) is 11.0. The second kappa shape index (κ2) is 5.61. The summed E-state index contributed by atoms with van der Waals surface area (Å²) in [6.45, 7) is 0. The molecule has 0 saturated heterocycles. The first-order chi connectivity index (χ1) is 10.1. The fourth-order valence-corrected chi connectivity index (χ4v) is 2.66. The van der Waals surface area contributed by atoms with Gasteiger partial charge in [-0.25, -0.2) is 4.79 Å². The highest BCUT2D eigenvalue weighted by Gasteiger charge is 2.22. The fraction of sp³-hybridized carbons (Fsp3) is 0.0625. The monoisotopic (exact) mass is 344 g/mol. The minimum atomic E-state index is -0.383. The summed E-state index contributed by atoms with van der Waals surface area (Å²) in [5, 5.41) is 15.6. The van der Waals surface area contributed by atoms with Crippen molar-refractivity contribution in [3.63, 3.8) is 0 Å². The molecule has 0 aliphatic carbocycles. The zero-order valence-corrected chi connectivity index (χ0v) is 12.6. The molecule has 5 heteroatoms. The molecule has 1 atom stereocenters. The van der Waals surface area contributed by atoms with Gasteiger partial charge in [0.25, 0.3) is 0 Å². The highest BCUT2D eigenvalue weighted by molar-refractivity contribution is 9.10. The summed E-state index contributed by atoms with van der Waals surface area (Å²) in [6.07, 6.45) is 1.89. The number of amides is 2. The minimum Gasteiger partial charge on any atom is -0.508 e. The second-order valence-electron chi connectivity index (χ2n) is 4.73. The molecule has 1 aliphatic rings. The number of hydrogen-bond acceptors (Lipinski definition) is 2. The normalized spacial score (nSPS) is 17.7. The minimum absolute atomic E-state index is 0.147. The Morgan fingerprint density at radius 2 is 1.86 bits per heavy atom. The second-order valence-corrected chi connectivity index (χ2v) is 5.64. The van der Waals surface area contributed by atoms with Crippen LogP contribution in [0.25, 0.3) is 5.70 Å². The first-order valence-electron chi connectivity index (χ1n) is 6.46. The molecule has 2 aromatic rings. The number of carbonyl (C=O) groups is 1. The van der Waals surface area contributed by atoms with Gasteiger partial charge in [0.15, 0.2) is 0 Å². The van der Waals surface area contributed by atoms with E-state index in [4.69, 9.17) is 0 Å². The third-order valence-electron chi connectivity index (χ3n) is 3.28. The number of benzene rings is 2. The van der Waals surface area contributed by atoms with Crippen molar-refractivity contribution in [2.75, 3.05) is 0 Å². The van der Waals surface area contributed by atoms with Crippen LogP contribution in [0.1, 0.15) is 17.2 Å². The van der Waals surface area contributed by atoms with Gasteiger partial charge in [-0.1, -0.05) is 46.3 Å². The van der Waals surface area contributed by atoms with E-state index in [1.165, 1.54) is 0 Å². The number of aromatic hydroxyl groups is 1. The molecule has 0 spiro atoms. The predicted molar refractivity (Wildman–Crippen MR) is 84.6 cm³/mol. The lowest BCUT2D eigenvalue weighted by atomic mass is 10.0. The summed E-state index contributed by atoms with van der Waals surface area (Å²) in [5.74, 6) is 0.147. The first-order valence-corrected chi connectivity index (χ1v) is 7.26. The number of halogens is 1. The van der Waals surface area contributed by atoms with E-state index in [0.717, 1.165) is 15.7 Å². The van der Waals surface area contributed by atoms with Gasteiger partial charge in [0.2, 0.25) is 0 Å². The number of phenols is 1. The van der Waals surface area contributed by atoms with Crippen LogP contribution in [0.2, 0.25) is 0 Å². The van der Waals surface area contributed by atoms with E-state index in [0.29, 0.717) is 5.56 Å². The van der Waals surface area contributed by atoms with Crippen LogP contribution in [0.15, 0.2) is 59.1 Å². The van der Waals surface area contributed by atoms with E-state index in [2.05, 4.69) is 26.6 Å². The lowest BCUT2D eigenvalue weighted by Crippen LogP contribution is -2.40. The van der Waals surface area contributed by atoms with Crippen LogP contribution in [-0.2, 0) is 0 Å². The zero-order chi connectivity index (χ0) is 14.8. The first kappa shape index (κ1) is 13.7. The van der Waals surface area contributed by atoms with Gasteiger partial charge in [-0.3, -0.25) is 0 Å². The summed E-state index contributed by atoms with van der Waals surface area (Å²) in [6, 6.07) is 14.1. The molecule has 3 N–H and O–H groups in total. The maximum absolute atomic E-state index is 11.9. The van der Waals surface area contributed by atoms with Crippen LogP contribution in [0.5, 0.6) is 5.75 Å². The number of carbonyl (C=O) groups excluding carboxylic acids is 1. The van der Waals surface area contributed by atoms with Gasteiger partial charge in [-0.05, 0) is 29.8 Å². The van der Waals surface area contributed by atoms with E-state index in [1.807, 2.05) is 36.4 Å². The largest absolute Gasteiger partial charge is 0.508 e. The van der Waals surface area contributed by atoms with Gasteiger partial charge in [0.1, 0.15) is 5.75 Å². The molecule has 21 heavy (non-hydrogen) atoms. The Labute approximate surface area is 130 Å². The van der Waals surface area contributed by atoms with Crippen molar-refractivity contribution >= 4 is 27.7 Å². The highest BCUT2D eigenvalue weighted by Crippen LogP contribution is 2.31. The van der Waals surface area contributed by atoms with Crippen LogP contribution in [0, 0.1) is 0 Å². The molecule has 3 rings (SSSR count). The van der Waals surface area contributed by atoms with Crippen LogP contribution >= 0.6 is 15.9 Å². The van der Waals surface area contributed by atoms with Gasteiger partial charge in [-0.2, -0.15) is 0 Å². The molecule has 0 bridgehead atoms. The van der Waals surface area contributed by atoms with Crippen molar-refractivity contribution in [2.45, 2.75) is 6.04 Å². The quantitative estimate of drug-likeness (QED) is 0.780. The maximum Gasteiger partial charge on any atom is 0.319 e. The van der Waals surface area contributed by atoms with E-state index in [9.17, 15) is 9.90 Å². The van der Waals surface area contributed by atoms with Crippen molar-refractivity contribution < 1.29 is 9.90 Å². The van der Waals surface area contributed by atoms with Crippen molar-refractivity contribution in [1.82, 2.24) is 10.6 Å². The van der Waals surface area contributed by atoms with Crippen LogP contribution in [0.4, 0.5) is 4.79 Å². The standard InChI is InChI=1S/C16H13BrN2O2/c17-11-6-7-15(20)12(8-11)14-9-13(18-16(21)19-14)10-4-2-1-3-5-10/h1-9,14,20H,(H2,18,19,21). The van der Waals surface area contributed by atoms with Crippen molar-refractivity contribution in [2.24, 2.45) is 0 Å². The van der Waals surface area contributed by atoms with Crippen LogP contribution in [0.3, 0.4) is 0 Å². The Balaban J connectivity index is 2.02. The number of hydrogen-bond donors (Lipinski definition) is 3. The maximum atomic E-state index is 11.9. The van der Waals surface area contributed by atoms with Crippen molar-refractivity contribution in [3.8, 4) is 5.75 Å². The van der Waals surface area contributed by atoms with Gasteiger partial charge in [0.05, 0.1) is 6.04 Å². The van der Waals surface area contributed by atoms with Gasteiger partial charge in [-0.15, -0.1) is 0 Å². The summed E-state index contributed by atoms with van der Waals surface area (Å²) in [5.41, 5.74) is 2.29. The fourth-order valence-electron chi connectivity index (χ4n) is 2.28. The highest BCUT2D eigenvalue weighted by atomic mass is 79.9.